The van der Waals surface area contributed by atoms with Gasteiger partial charge in [0, 0.05) is 0 Å². The van der Waals surface area contributed by atoms with E-state index in [1.54, 1.807) is 19.1 Å². The van der Waals surface area contributed by atoms with Crippen molar-refractivity contribution in [2.45, 2.75) is 33.9 Å². The summed E-state index contributed by atoms with van der Waals surface area (Å²) in [5, 5.41) is 3.02. The first-order valence-electron chi connectivity index (χ1n) is 8.81. The second kappa shape index (κ2) is 8.39. The Labute approximate surface area is 165 Å². The minimum atomic E-state index is -0.462. The molecular weight excluding hydrogens is 382 g/mol. The number of nitrogens with zero attached hydrogens (tertiary/aromatic N) is 2. The van der Waals surface area contributed by atoms with Gasteiger partial charge in [0.2, 0.25) is 5.91 Å². The van der Waals surface area contributed by atoms with Crippen molar-refractivity contribution in [3.8, 4) is 0 Å². The third-order valence-corrected chi connectivity index (χ3v) is 5.18. The molecule has 28 heavy (non-hydrogen) atoms. The molecule has 0 unspecified atom stereocenters. The van der Waals surface area contributed by atoms with Gasteiger partial charge in [-0.25, -0.2) is 9.78 Å². The topological polar surface area (TPSA) is 103 Å². The molecule has 0 saturated heterocycles. The number of carbonyl (C=O) groups is 2. The van der Waals surface area contributed by atoms with E-state index in [1.165, 1.54) is 17.2 Å². The molecule has 0 aliphatic carbocycles. The van der Waals surface area contributed by atoms with Crippen LogP contribution >= 0.6 is 11.3 Å². The molecule has 0 aliphatic rings. The fourth-order valence-corrected chi connectivity index (χ4v) is 3.62. The lowest BCUT2D eigenvalue weighted by atomic mass is 10.2. The molecule has 3 rings (SSSR count). The van der Waals surface area contributed by atoms with Crippen molar-refractivity contribution in [1.82, 2.24) is 14.9 Å². The highest BCUT2D eigenvalue weighted by molar-refractivity contribution is 7.20. The lowest BCUT2D eigenvalue weighted by molar-refractivity contribution is -0.122. The van der Waals surface area contributed by atoms with E-state index in [0.717, 1.165) is 11.3 Å². The Balaban J connectivity index is 1.78. The molecule has 0 aliphatic heterocycles. The van der Waals surface area contributed by atoms with Gasteiger partial charge in [-0.05, 0) is 30.5 Å². The lowest BCUT2D eigenvalue weighted by Crippen LogP contribution is -2.32. The van der Waals surface area contributed by atoms with Gasteiger partial charge in [0.05, 0.1) is 31.1 Å². The third kappa shape index (κ3) is 4.30. The van der Waals surface area contributed by atoms with Gasteiger partial charge < -0.3 is 14.5 Å². The average molecular weight is 403 g/mol. The number of hydrogen-bond acceptors (Lipinski definition) is 7. The number of aromatic nitrogens is 2. The molecule has 0 radical (unpaired) electrons. The normalized spacial score (nSPS) is 11.1. The fourth-order valence-electron chi connectivity index (χ4n) is 2.58. The molecule has 8 nitrogen and oxygen atoms in total. The standard InChI is InChI=1S/C19H21N3O5S/c1-11(2)9-27-19(25)16-12(3)15-17(28-16)21-10-22(18(15)24)8-14(23)20-7-13-5-4-6-26-13/h4-6,10-11H,7-9H2,1-3H3,(H,20,23). The maximum Gasteiger partial charge on any atom is 0.348 e. The van der Waals surface area contributed by atoms with Crippen LogP contribution in [0.15, 0.2) is 33.9 Å². The summed E-state index contributed by atoms with van der Waals surface area (Å²) in [5.41, 5.74) is 0.159. The average Bonchev–Trinajstić information content (AvgIpc) is 3.28. The fraction of sp³-hybridized carbons (Fsp3) is 0.368. The molecule has 9 heteroatoms. The molecular formula is C19H21N3O5S. The molecule has 3 heterocycles. The van der Waals surface area contributed by atoms with E-state index >= 15 is 0 Å². The van der Waals surface area contributed by atoms with Crippen LogP contribution in [-0.4, -0.2) is 28.0 Å². The number of fused-ring (bicyclic) bond motifs is 1. The van der Waals surface area contributed by atoms with Crippen LogP contribution in [0, 0.1) is 12.8 Å². The van der Waals surface area contributed by atoms with Crippen molar-refractivity contribution in [3.05, 3.63) is 51.3 Å². The van der Waals surface area contributed by atoms with Gasteiger partial charge in [0.15, 0.2) is 0 Å². The molecule has 3 aromatic rings. The second-order valence-corrected chi connectivity index (χ2v) is 7.76. The first kappa shape index (κ1) is 19.8. The number of hydrogen-bond donors (Lipinski definition) is 1. The Morgan fingerprint density at radius 2 is 2.18 bits per heavy atom. The van der Waals surface area contributed by atoms with E-state index in [9.17, 15) is 14.4 Å². The van der Waals surface area contributed by atoms with Crippen molar-refractivity contribution >= 4 is 33.4 Å². The van der Waals surface area contributed by atoms with E-state index < -0.39 is 5.97 Å². The summed E-state index contributed by atoms with van der Waals surface area (Å²) in [6.07, 6.45) is 2.84. The van der Waals surface area contributed by atoms with Crippen LogP contribution in [0.3, 0.4) is 0 Å². The lowest BCUT2D eigenvalue weighted by Gasteiger charge is -2.06. The summed E-state index contributed by atoms with van der Waals surface area (Å²) in [6.45, 7) is 5.95. The summed E-state index contributed by atoms with van der Waals surface area (Å²) in [5.74, 6) is 0.0293. The second-order valence-electron chi connectivity index (χ2n) is 6.76. The van der Waals surface area contributed by atoms with E-state index in [0.29, 0.717) is 33.0 Å². The van der Waals surface area contributed by atoms with Gasteiger partial charge in [-0.3, -0.25) is 14.2 Å². The summed E-state index contributed by atoms with van der Waals surface area (Å²) < 4.78 is 11.6. The van der Waals surface area contributed by atoms with Gasteiger partial charge in [0.25, 0.3) is 5.56 Å². The molecule has 1 amide bonds. The molecule has 0 spiro atoms. The number of furan rings is 1. The van der Waals surface area contributed by atoms with Crippen LogP contribution in [0.25, 0.3) is 10.2 Å². The molecule has 1 N–H and O–H groups in total. The Morgan fingerprint density at radius 1 is 1.39 bits per heavy atom. The highest BCUT2D eigenvalue weighted by Crippen LogP contribution is 2.27. The zero-order valence-electron chi connectivity index (χ0n) is 15.9. The van der Waals surface area contributed by atoms with E-state index in [-0.39, 0.29) is 30.5 Å². The molecule has 148 valence electrons. The SMILES string of the molecule is Cc1c(C(=O)OCC(C)C)sc2ncn(CC(=O)NCc3ccco3)c(=O)c12. The van der Waals surface area contributed by atoms with E-state index in [1.807, 2.05) is 13.8 Å². The Morgan fingerprint density at radius 3 is 2.86 bits per heavy atom. The smallest absolute Gasteiger partial charge is 0.348 e. The van der Waals surface area contributed by atoms with Crippen LogP contribution in [-0.2, 0) is 22.6 Å². The molecule has 0 aromatic carbocycles. The van der Waals surface area contributed by atoms with Crippen molar-refractivity contribution < 1.29 is 18.7 Å². The molecule has 0 bridgehead atoms. The van der Waals surface area contributed by atoms with Crippen LogP contribution in [0.1, 0.15) is 34.8 Å². The van der Waals surface area contributed by atoms with E-state index in [2.05, 4.69) is 10.3 Å². The zero-order valence-corrected chi connectivity index (χ0v) is 16.7. The number of ether oxygens (including phenoxy) is 1. The van der Waals surface area contributed by atoms with Gasteiger partial charge in [-0.2, -0.15) is 0 Å². The molecule has 0 saturated carbocycles. The monoisotopic (exact) mass is 403 g/mol. The minimum absolute atomic E-state index is 0.176. The largest absolute Gasteiger partial charge is 0.467 e. The van der Waals surface area contributed by atoms with Crippen molar-refractivity contribution in [3.63, 3.8) is 0 Å². The first-order chi connectivity index (χ1) is 13.4. The van der Waals surface area contributed by atoms with Gasteiger partial charge >= 0.3 is 5.97 Å². The number of rotatable bonds is 7. The van der Waals surface area contributed by atoms with Crippen molar-refractivity contribution in [1.29, 1.82) is 0 Å². The quantitative estimate of drug-likeness (QED) is 0.608. The summed E-state index contributed by atoms with van der Waals surface area (Å²) in [7, 11) is 0. The Hall–Kier alpha value is -2.94. The predicted molar refractivity (Wildman–Crippen MR) is 104 cm³/mol. The maximum atomic E-state index is 12.8. The van der Waals surface area contributed by atoms with Crippen molar-refractivity contribution in [2.24, 2.45) is 5.92 Å². The first-order valence-corrected chi connectivity index (χ1v) is 9.63. The zero-order chi connectivity index (χ0) is 20.3. The number of amides is 1. The highest BCUT2D eigenvalue weighted by Gasteiger charge is 2.21. The Kier molecular flexibility index (Phi) is 5.93. The molecule has 0 fully saturated rings. The van der Waals surface area contributed by atoms with E-state index in [4.69, 9.17) is 9.15 Å². The number of thiophene rings is 1. The number of esters is 1. The minimum Gasteiger partial charge on any atom is -0.467 e. The van der Waals surface area contributed by atoms with Crippen LogP contribution in [0.4, 0.5) is 0 Å². The molecule has 3 aromatic heterocycles. The summed E-state index contributed by atoms with van der Waals surface area (Å²) >= 11 is 1.12. The maximum absolute atomic E-state index is 12.8. The van der Waals surface area contributed by atoms with Crippen LogP contribution in [0.2, 0.25) is 0 Å². The number of nitrogens with one attached hydrogen (secondary N) is 1. The number of aryl methyl sites for hydroxylation is 1. The van der Waals surface area contributed by atoms with Crippen LogP contribution < -0.4 is 10.9 Å². The van der Waals surface area contributed by atoms with Crippen molar-refractivity contribution in [2.75, 3.05) is 6.61 Å². The predicted octanol–water partition coefficient (Wildman–Crippen LogP) is 2.49. The highest BCUT2D eigenvalue weighted by atomic mass is 32.1. The summed E-state index contributed by atoms with van der Waals surface area (Å²) in [6, 6.07) is 3.47. The van der Waals surface area contributed by atoms with Gasteiger partial charge in [-0.15, -0.1) is 11.3 Å². The number of carbonyl (C=O) groups excluding carboxylic acids is 2. The van der Waals surface area contributed by atoms with Gasteiger partial charge in [0.1, 0.15) is 22.0 Å². The van der Waals surface area contributed by atoms with Gasteiger partial charge in [-0.1, -0.05) is 13.8 Å². The Bertz CT molecular complexity index is 1050. The summed E-state index contributed by atoms with van der Waals surface area (Å²) in [4.78, 5) is 42.3. The third-order valence-electron chi connectivity index (χ3n) is 4.00. The van der Waals surface area contributed by atoms with Crippen LogP contribution in [0.5, 0.6) is 0 Å². The molecule has 0 atom stereocenters.